The summed E-state index contributed by atoms with van der Waals surface area (Å²) in [5, 5.41) is 31.7. The van der Waals surface area contributed by atoms with Crippen LogP contribution in [-0.4, -0.2) is 26.0 Å². The molecular formula is C12H9N3O5. The van der Waals surface area contributed by atoms with Gasteiger partial charge in [-0.15, -0.1) is 0 Å². The van der Waals surface area contributed by atoms with Gasteiger partial charge in [0, 0.05) is 12.3 Å². The van der Waals surface area contributed by atoms with Crippen molar-refractivity contribution in [2.45, 2.75) is 0 Å². The molecule has 1 amide bonds. The number of nitro groups is 1. The van der Waals surface area contributed by atoms with Gasteiger partial charge < -0.3 is 15.5 Å². The third kappa shape index (κ3) is 2.80. The maximum Gasteiger partial charge on any atom is 0.273 e. The number of non-ortho nitro benzene ring substituents is 1. The van der Waals surface area contributed by atoms with E-state index in [1.165, 1.54) is 24.5 Å². The predicted octanol–water partition coefficient (Wildman–Crippen LogP) is 1.65. The van der Waals surface area contributed by atoms with Crippen LogP contribution in [-0.2, 0) is 0 Å². The molecule has 8 heteroatoms. The Morgan fingerprint density at radius 1 is 1.25 bits per heavy atom. The Hall–Kier alpha value is -3.16. The van der Waals surface area contributed by atoms with Crippen LogP contribution in [0.25, 0.3) is 0 Å². The van der Waals surface area contributed by atoms with E-state index in [-0.39, 0.29) is 22.7 Å². The number of nitrogens with zero attached hydrogens (tertiary/aromatic N) is 2. The quantitative estimate of drug-likeness (QED) is 0.444. The van der Waals surface area contributed by atoms with Crippen LogP contribution in [0.1, 0.15) is 10.4 Å². The molecule has 3 N–H and O–H groups in total. The number of nitrogens with one attached hydrogen (secondary N) is 1. The molecule has 20 heavy (non-hydrogen) atoms. The highest BCUT2D eigenvalue weighted by Crippen LogP contribution is 2.28. The van der Waals surface area contributed by atoms with Crippen LogP contribution in [0.2, 0.25) is 0 Å². The van der Waals surface area contributed by atoms with Crippen molar-refractivity contribution in [3.63, 3.8) is 0 Å². The summed E-state index contributed by atoms with van der Waals surface area (Å²) in [6.07, 6.45) is 2.40. The Morgan fingerprint density at radius 3 is 2.60 bits per heavy atom. The smallest absolute Gasteiger partial charge is 0.273 e. The number of anilines is 1. The number of phenols is 1. The molecule has 0 aliphatic carbocycles. The van der Waals surface area contributed by atoms with Gasteiger partial charge in [0.25, 0.3) is 11.6 Å². The van der Waals surface area contributed by atoms with Gasteiger partial charge in [0.2, 0.25) is 0 Å². The van der Waals surface area contributed by atoms with Crippen molar-refractivity contribution in [3.05, 3.63) is 52.3 Å². The fourth-order valence-electron chi connectivity index (χ4n) is 1.49. The van der Waals surface area contributed by atoms with Crippen LogP contribution in [0.15, 0.2) is 36.7 Å². The lowest BCUT2D eigenvalue weighted by molar-refractivity contribution is -0.384. The highest BCUT2D eigenvalue weighted by Gasteiger charge is 2.13. The molecule has 0 fully saturated rings. The standard InChI is InChI=1S/C12H9N3O5/c16-9-3-7(5-13-6-9)12(18)14-10-2-1-8(15(19)20)4-11(10)17/h1-6,16-17H,(H,14,18). The molecule has 1 heterocycles. The van der Waals surface area contributed by atoms with E-state index in [4.69, 9.17) is 0 Å². The lowest BCUT2D eigenvalue weighted by Crippen LogP contribution is -2.12. The Labute approximate surface area is 112 Å². The van der Waals surface area contributed by atoms with Gasteiger partial charge in [0.05, 0.1) is 28.4 Å². The van der Waals surface area contributed by atoms with Gasteiger partial charge in [-0.25, -0.2) is 0 Å². The lowest BCUT2D eigenvalue weighted by Gasteiger charge is -2.07. The number of aromatic hydroxyl groups is 2. The Bertz CT molecular complexity index is 687. The maximum absolute atomic E-state index is 11.8. The number of hydrogen-bond donors (Lipinski definition) is 3. The molecule has 0 aliphatic rings. The van der Waals surface area contributed by atoms with Gasteiger partial charge in [-0.3, -0.25) is 19.9 Å². The first-order valence-electron chi connectivity index (χ1n) is 5.40. The third-order valence-corrected chi connectivity index (χ3v) is 2.43. The van der Waals surface area contributed by atoms with Crippen LogP contribution in [0.5, 0.6) is 11.5 Å². The fourth-order valence-corrected chi connectivity index (χ4v) is 1.49. The molecular weight excluding hydrogens is 266 g/mol. The number of carbonyl (C=O) groups excluding carboxylic acids is 1. The Balaban J connectivity index is 2.22. The molecule has 1 aromatic carbocycles. The zero-order valence-corrected chi connectivity index (χ0v) is 9.98. The van der Waals surface area contributed by atoms with E-state index in [2.05, 4.69) is 10.3 Å². The second-order valence-corrected chi connectivity index (χ2v) is 3.84. The van der Waals surface area contributed by atoms with E-state index in [0.717, 1.165) is 12.1 Å². The van der Waals surface area contributed by atoms with Crippen molar-refractivity contribution < 1.29 is 19.9 Å². The zero-order chi connectivity index (χ0) is 14.7. The number of pyridine rings is 1. The summed E-state index contributed by atoms with van der Waals surface area (Å²) >= 11 is 0. The van der Waals surface area contributed by atoms with Crippen LogP contribution < -0.4 is 5.32 Å². The number of rotatable bonds is 3. The largest absolute Gasteiger partial charge is 0.506 e. The van der Waals surface area contributed by atoms with Crippen LogP contribution in [0, 0.1) is 10.1 Å². The number of phenolic OH excluding ortho intramolecular Hbond substituents is 1. The second kappa shape index (κ2) is 5.22. The number of hydrogen-bond acceptors (Lipinski definition) is 6. The van der Waals surface area contributed by atoms with Crippen LogP contribution >= 0.6 is 0 Å². The minimum absolute atomic E-state index is 0.0175. The molecule has 8 nitrogen and oxygen atoms in total. The van der Waals surface area contributed by atoms with E-state index in [0.29, 0.717) is 0 Å². The van der Waals surface area contributed by atoms with Gasteiger partial charge in [0.1, 0.15) is 11.5 Å². The molecule has 0 saturated carbocycles. The second-order valence-electron chi connectivity index (χ2n) is 3.84. The average molecular weight is 275 g/mol. The summed E-state index contributed by atoms with van der Waals surface area (Å²) in [7, 11) is 0. The highest BCUT2D eigenvalue weighted by atomic mass is 16.6. The van der Waals surface area contributed by atoms with Crippen molar-refractivity contribution >= 4 is 17.3 Å². The average Bonchev–Trinajstić information content (AvgIpc) is 2.40. The number of benzene rings is 1. The van der Waals surface area contributed by atoms with Crippen LogP contribution in [0.4, 0.5) is 11.4 Å². The van der Waals surface area contributed by atoms with E-state index in [1.54, 1.807) is 0 Å². The SMILES string of the molecule is O=C(Nc1ccc([N+](=O)[O-])cc1O)c1cncc(O)c1. The van der Waals surface area contributed by atoms with Crippen LogP contribution in [0.3, 0.4) is 0 Å². The number of aromatic nitrogens is 1. The van der Waals surface area contributed by atoms with Crippen molar-refractivity contribution in [1.82, 2.24) is 4.98 Å². The Morgan fingerprint density at radius 2 is 2.00 bits per heavy atom. The topological polar surface area (TPSA) is 126 Å². The highest BCUT2D eigenvalue weighted by molar-refractivity contribution is 6.05. The predicted molar refractivity (Wildman–Crippen MR) is 68.6 cm³/mol. The summed E-state index contributed by atoms with van der Waals surface area (Å²) < 4.78 is 0. The molecule has 2 rings (SSSR count). The number of amides is 1. The van der Waals surface area contributed by atoms with E-state index >= 15 is 0 Å². The van der Waals surface area contributed by atoms with Crippen molar-refractivity contribution in [1.29, 1.82) is 0 Å². The van der Waals surface area contributed by atoms with Gasteiger partial charge in [-0.2, -0.15) is 0 Å². The number of carbonyl (C=O) groups is 1. The summed E-state index contributed by atoms with van der Waals surface area (Å²) in [6.45, 7) is 0. The molecule has 0 bridgehead atoms. The molecule has 1 aromatic heterocycles. The third-order valence-electron chi connectivity index (χ3n) is 2.43. The van der Waals surface area contributed by atoms with Gasteiger partial charge >= 0.3 is 0 Å². The molecule has 102 valence electrons. The minimum Gasteiger partial charge on any atom is -0.506 e. The fraction of sp³-hybridized carbons (Fsp3) is 0. The van der Waals surface area contributed by atoms with Crippen molar-refractivity contribution in [2.24, 2.45) is 0 Å². The van der Waals surface area contributed by atoms with E-state index < -0.39 is 16.6 Å². The normalized spacial score (nSPS) is 10.0. The summed E-state index contributed by atoms with van der Waals surface area (Å²) in [4.78, 5) is 25.3. The monoisotopic (exact) mass is 275 g/mol. The molecule has 0 aliphatic heterocycles. The zero-order valence-electron chi connectivity index (χ0n) is 9.98. The molecule has 0 saturated heterocycles. The number of nitro benzene ring substituents is 1. The first-order valence-corrected chi connectivity index (χ1v) is 5.40. The minimum atomic E-state index is -0.662. The Kier molecular flexibility index (Phi) is 3.47. The first-order chi connectivity index (χ1) is 9.47. The van der Waals surface area contributed by atoms with E-state index in [9.17, 15) is 25.1 Å². The molecule has 2 aromatic rings. The van der Waals surface area contributed by atoms with Crippen molar-refractivity contribution in [2.75, 3.05) is 5.32 Å². The van der Waals surface area contributed by atoms with Gasteiger partial charge in [0.15, 0.2) is 0 Å². The summed E-state index contributed by atoms with van der Waals surface area (Å²) in [5.74, 6) is -1.22. The summed E-state index contributed by atoms with van der Waals surface area (Å²) in [5.41, 5.74) is -0.189. The lowest BCUT2D eigenvalue weighted by atomic mass is 10.2. The molecule has 0 spiro atoms. The van der Waals surface area contributed by atoms with Gasteiger partial charge in [-0.1, -0.05) is 0 Å². The van der Waals surface area contributed by atoms with E-state index in [1.807, 2.05) is 0 Å². The molecule has 0 radical (unpaired) electrons. The molecule has 0 unspecified atom stereocenters. The maximum atomic E-state index is 11.8. The first kappa shape index (κ1) is 13.3. The van der Waals surface area contributed by atoms with Crippen molar-refractivity contribution in [3.8, 4) is 11.5 Å². The molecule has 0 atom stereocenters. The van der Waals surface area contributed by atoms with Gasteiger partial charge in [-0.05, 0) is 12.1 Å². The summed E-state index contributed by atoms with van der Waals surface area (Å²) in [6, 6.07) is 4.48.